The molecule has 2 nitrogen and oxygen atoms in total. The number of halogens is 1. The first-order valence-corrected chi connectivity index (χ1v) is 7.66. The van der Waals surface area contributed by atoms with Crippen LogP contribution in [-0.4, -0.2) is 6.04 Å². The van der Waals surface area contributed by atoms with Crippen molar-refractivity contribution in [3.63, 3.8) is 0 Å². The first kappa shape index (κ1) is 15.9. The van der Waals surface area contributed by atoms with Gasteiger partial charge in [0, 0.05) is 6.04 Å². The van der Waals surface area contributed by atoms with E-state index >= 15 is 0 Å². The number of nitrogens with two attached hydrogens (primary N) is 1. The van der Waals surface area contributed by atoms with E-state index in [9.17, 15) is 0 Å². The van der Waals surface area contributed by atoms with Crippen molar-refractivity contribution in [2.75, 3.05) is 0 Å². The predicted octanol–water partition coefficient (Wildman–Crippen LogP) is 5.03. The minimum absolute atomic E-state index is 0.211. The highest BCUT2D eigenvalue weighted by Gasteiger charge is 2.08. The van der Waals surface area contributed by atoms with Crippen LogP contribution < -0.4 is 10.5 Å². The molecule has 0 aliphatic heterocycles. The molecule has 1 atom stereocenters. The van der Waals surface area contributed by atoms with Crippen molar-refractivity contribution in [2.45, 2.75) is 39.7 Å². The molecule has 0 aliphatic carbocycles. The molecule has 2 aromatic rings. The molecule has 1 unspecified atom stereocenters. The lowest BCUT2D eigenvalue weighted by atomic mass is 10.0. The molecule has 0 spiro atoms. The zero-order valence-corrected chi connectivity index (χ0v) is 13.6. The molecule has 2 N–H and O–H groups in total. The molecule has 2 rings (SSSR count). The summed E-state index contributed by atoms with van der Waals surface area (Å²) in [6, 6.07) is 12.2. The fraction of sp³-hybridized carbons (Fsp3) is 0.333. The predicted molar refractivity (Wildman–Crippen MR) is 89.4 cm³/mol. The number of ether oxygens (including phenoxy) is 1. The molecule has 0 fully saturated rings. The van der Waals surface area contributed by atoms with Crippen molar-refractivity contribution in [1.29, 1.82) is 0 Å². The molecule has 0 aliphatic rings. The second-order valence-corrected chi connectivity index (χ2v) is 5.92. The molecular formula is C18H22ClNO. The van der Waals surface area contributed by atoms with Gasteiger partial charge in [0.05, 0.1) is 5.02 Å². The van der Waals surface area contributed by atoms with Crippen LogP contribution in [0.3, 0.4) is 0 Å². The van der Waals surface area contributed by atoms with Crippen LogP contribution in [-0.2, 0) is 6.42 Å². The van der Waals surface area contributed by atoms with Crippen LogP contribution in [0.4, 0.5) is 0 Å². The Kier molecular flexibility index (Phi) is 5.27. The number of rotatable bonds is 5. The van der Waals surface area contributed by atoms with E-state index in [2.05, 4.69) is 19.1 Å². The van der Waals surface area contributed by atoms with Gasteiger partial charge in [-0.15, -0.1) is 0 Å². The van der Waals surface area contributed by atoms with Crippen molar-refractivity contribution in [1.82, 2.24) is 0 Å². The topological polar surface area (TPSA) is 35.2 Å². The van der Waals surface area contributed by atoms with Crippen molar-refractivity contribution >= 4 is 11.6 Å². The van der Waals surface area contributed by atoms with Crippen LogP contribution in [0.2, 0.25) is 5.02 Å². The molecule has 0 radical (unpaired) electrons. The van der Waals surface area contributed by atoms with Gasteiger partial charge in [-0.25, -0.2) is 0 Å². The molecule has 21 heavy (non-hydrogen) atoms. The average Bonchev–Trinajstić information content (AvgIpc) is 2.45. The van der Waals surface area contributed by atoms with Crippen molar-refractivity contribution in [2.24, 2.45) is 5.73 Å². The quantitative estimate of drug-likeness (QED) is 0.841. The Morgan fingerprint density at radius 1 is 1.10 bits per heavy atom. The van der Waals surface area contributed by atoms with Gasteiger partial charge in [-0.2, -0.15) is 0 Å². The molecule has 112 valence electrons. The van der Waals surface area contributed by atoms with Gasteiger partial charge >= 0.3 is 0 Å². The van der Waals surface area contributed by atoms with Crippen molar-refractivity contribution < 1.29 is 4.74 Å². The molecule has 2 aromatic carbocycles. The van der Waals surface area contributed by atoms with Gasteiger partial charge in [0.15, 0.2) is 0 Å². The van der Waals surface area contributed by atoms with Gasteiger partial charge < -0.3 is 10.5 Å². The van der Waals surface area contributed by atoms with Crippen LogP contribution in [0, 0.1) is 13.8 Å². The summed E-state index contributed by atoms with van der Waals surface area (Å²) < 4.78 is 5.94. The molecule has 0 saturated carbocycles. The van der Waals surface area contributed by atoms with Crippen molar-refractivity contribution in [3.05, 3.63) is 58.1 Å². The van der Waals surface area contributed by atoms with E-state index < -0.39 is 0 Å². The van der Waals surface area contributed by atoms with Gasteiger partial charge in [-0.3, -0.25) is 0 Å². The summed E-state index contributed by atoms with van der Waals surface area (Å²) in [7, 11) is 0. The minimum atomic E-state index is 0.211. The zero-order chi connectivity index (χ0) is 15.4. The fourth-order valence-corrected chi connectivity index (χ4v) is 2.36. The lowest BCUT2D eigenvalue weighted by Crippen LogP contribution is -2.21. The zero-order valence-electron chi connectivity index (χ0n) is 12.8. The Balaban J connectivity index is 2.19. The lowest BCUT2D eigenvalue weighted by Gasteiger charge is -2.13. The van der Waals surface area contributed by atoms with Crippen LogP contribution in [0.5, 0.6) is 11.5 Å². The Hall–Kier alpha value is -1.51. The van der Waals surface area contributed by atoms with E-state index in [-0.39, 0.29) is 6.04 Å². The summed E-state index contributed by atoms with van der Waals surface area (Å²) in [4.78, 5) is 0. The van der Waals surface area contributed by atoms with E-state index in [1.54, 1.807) is 0 Å². The molecular weight excluding hydrogens is 282 g/mol. The fourth-order valence-electron chi connectivity index (χ4n) is 2.21. The van der Waals surface area contributed by atoms with E-state index in [1.807, 2.05) is 38.1 Å². The molecule has 0 heterocycles. The highest BCUT2D eigenvalue weighted by atomic mass is 35.5. The third kappa shape index (κ3) is 4.23. The molecule has 3 heteroatoms. The third-order valence-electron chi connectivity index (χ3n) is 3.57. The van der Waals surface area contributed by atoms with Crippen LogP contribution >= 0.6 is 11.6 Å². The Bertz CT molecular complexity index is 625. The summed E-state index contributed by atoms with van der Waals surface area (Å²) in [6.45, 7) is 6.17. The van der Waals surface area contributed by atoms with Crippen molar-refractivity contribution in [3.8, 4) is 11.5 Å². The number of aryl methyl sites for hydroxylation is 2. The summed E-state index contributed by atoms with van der Waals surface area (Å²) in [5.41, 5.74) is 9.46. The summed E-state index contributed by atoms with van der Waals surface area (Å²) >= 11 is 6.18. The third-order valence-corrected chi connectivity index (χ3v) is 3.88. The first-order chi connectivity index (χ1) is 9.99. The average molecular weight is 304 g/mol. The Labute approximate surface area is 131 Å². The molecule has 0 saturated heterocycles. The van der Waals surface area contributed by atoms with Crippen LogP contribution in [0.1, 0.15) is 30.0 Å². The van der Waals surface area contributed by atoms with Gasteiger partial charge in [0.1, 0.15) is 11.5 Å². The second-order valence-electron chi connectivity index (χ2n) is 5.51. The molecule has 0 amide bonds. The Morgan fingerprint density at radius 2 is 1.86 bits per heavy atom. The van der Waals surface area contributed by atoms with Crippen LogP contribution in [0.15, 0.2) is 36.4 Å². The maximum Gasteiger partial charge on any atom is 0.146 e. The van der Waals surface area contributed by atoms with E-state index in [1.165, 1.54) is 5.56 Å². The second kappa shape index (κ2) is 6.97. The number of hydrogen-bond acceptors (Lipinski definition) is 2. The van der Waals surface area contributed by atoms with Gasteiger partial charge in [0.2, 0.25) is 0 Å². The summed E-state index contributed by atoms with van der Waals surface area (Å²) in [5, 5.41) is 0.622. The highest BCUT2D eigenvalue weighted by Crippen LogP contribution is 2.32. The standard InChI is InChI=1S/C18H22ClNO/c1-4-15(20)11-14-6-8-17(13(3)10-14)21-18-9-12(2)5-7-16(18)19/h5-10,15H,4,11,20H2,1-3H3. The SMILES string of the molecule is CCC(N)Cc1ccc(Oc2cc(C)ccc2Cl)c(C)c1. The lowest BCUT2D eigenvalue weighted by molar-refractivity contribution is 0.478. The van der Waals surface area contributed by atoms with E-state index in [0.29, 0.717) is 10.8 Å². The van der Waals surface area contributed by atoms with Gasteiger partial charge in [-0.05, 0) is 61.6 Å². The molecule has 0 bridgehead atoms. The minimum Gasteiger partial charge on any atom is -0.456 e. The maximum atomic E-state index is 6.18. The van der Waals surface area contributed by atoms with Gasteiger partial charge in [0.25, 0.3) is 0 Å². The van der Waals surface area contributed by atoms with E-state index in [4.69, 9.17) is 22.1 Å². The van der Waals surface area contributed by atoms with Gasteiger partial charge in [-0.1, -0.05) is 36.7 Å². The highest BCUT2D eigenvalue weighted by molar-refractivity contribution is 6.32. The smallest absolute Gasteiger partial charge is 0.146 e. The monoisotopic (exact) mass is 303 g/mol. The number of benzene rings is 2. The maximum absolute atomic E-state index is 6.18. The Morgan fingerprint density at radius 3 is 2.52 bits per heavy atom. The van der Waals surface area contributed by atoms with E-state index in [0.717, 1.165) is 29.7 Å². The summed E-state index contributed by atoms with van der Waals surface area (Å²) in [6.07, 6.45) is 1.87. The van der Waals surface area contributed by atoms with Crippen LogP contribution in [0.25, 0.3) is 0 Å². The molecule has 0 aromatic heterocycles. The normalized spacial score (nSPS) is 12.2. The first-order valence-electron chi connectivity index (χ1n) is 7.28. The largest absolute Gasteiger partial charge is 0.456 e. The summed E-state index contributed by atoms with van der Waals surface area (Å²) in [5.74, 6) is 1.52. The number of hydrogen-bond donors (Lipinski definition) is 1.